The second kappa shape index (κ2) is 5.67. The molecule has 0 fully saturated rings. The lowest BCUT2D eigenvalue weighted by molar-refractivity contribution is 0.453. The van der Waals surface area contributed by atoms with E-state index in [1.54, 1.807) is 6.07 Å². The summed E-state index contributed by atoms with van der Waals surface area (Å²) in [5.74, 6) is 2.48. The molecule has 0 unspecified atom stereocenters. The van der Waals surface area contributed by atoms with Crippen LogP contribution in [0.2, 0.25) is 5.02 Å². The van der Waals surface area contributed by atoms with Gasteiger partial charge in [0.25, 0.3) is 0 Å². The molecule has 2 rings (SSSR count). The Bertz CT molecular complexity index is 641. The number of rotatable bonds is 3. The van der Waals surface area contributed by atoms with Gasteiger partial charge >= 0.3 is 0 Å². The van der Waals surface area contributed by atoms with Crippen molar-refractivity contribution in [3.63, 3.8) is 0 Å². The third kappa shape index (κ3) is 3.02. The fourth-order valence-corrected chi connectivity index (χ4v) is 1.80. The molecular formula is C15H18ClN3O. The third-order valence-electron chi connectivity index (χ3n) is 3.02. The second-order valence-corrected chi connectivity index (χ2v) is 5.47. The van der Waals surface area contributed by atoms with Crippen molar-refractivity contribution in [2.24, 2.45) is 0 Å². The first-order chi connectivity index (χ1) is 9.38. The Hall–Kier alpha value is -1.81. The van der Waals surface area contributed by atoms with Gasteiger partial charge < -0.3 is 10.5 Å². The molecular weight excluding hydrogens is 274 g/mol. The maximum atomic E-state index is 6.01. The van der Waals surface area contributed by atoms with Crippen molar-refractivity contribution in [1.82, 2.24) is 9.97 Å². The highest BCUT2D eigenvalue weighted by Gasteiger charge is 2.13. The van der Waals surface area contributed by atoms with Crippen molar-refractivity contribution in [1.29, 1.82) is 0 Å². The molecule has 0 radical (unpaired) electrons. The molecule has 1 aromatic carbocycles. The van der Waals surface area contributed by atoms with Crippen LogP contribution in [0.25, 0.3) is 0 Å². The highest BCUT2D eigenvalue weighted by atomic mass is 35.5. The monoisotopic (exact) mass is 291 g/mol. The van der Waals surface area contributed by atoms with Crippen LogP contribution in [0.5, 0.6) is 11.6 Å². The molecule has 0 atom stereocenters. The van der Waals surface area contributed by atoms with Gasteiger partial charge in [-0.15, -0.1) is 0 Å². The number of ether oxygens (including phenoxy) is 1. The summed E-state index contributed by atoms with van der Waals surface area (Å²) in [5, 5.41) is 0.708. The van der Waals surface area contributed by atoms with Crippen molar-refractivity contribution in [2.45, 2.75) is 33.6 Å². The van der Waals surface area contributed by atoms with Crippen LogP contribution in [0.15, 0.2) is 18.2 Å². The van der Waals surface area contributed by atoms with Crippen LogP contribution in [0.1, 0.15) is 36.7 Å². The Morgan fingerprint density at radius 3 is 2.50 bits per heavy atom. The van der Waals surface area contributed by atoms with E-state index in [0.717, 1.165) is 11.1 Å². The van der Waals surface area contributed by atoms with E-state index >= 15 is 0 Å². The highest BCUT2D eigenvalue weighted by molar-refractivity contribution is 6.31. The van der Waals surface area contributed by atoms with E-state index in [9.17, 15) is 0 Å². The van der Waals surface area contributed by atoms with Crippen LogP contribution in [0.3, 0.4) is 0 Å². The Morgan fingerprint density at radius 2 is 1.90 bits per heavy atom. The summed E-state index contributed by atoms with van der Waals surface area (Å²) in [6, 6.07) is 5.48. The van der Waals surface area contributed by atoms with Gasteiger partial charge in [0.1, 0.15) is 17.4 Å². The molecule has 106 valence electrons. The van der Waals surface area contributed by atoms with E-state index in [1.807, 2.05) is 39.8 Å². The molecule has 0 aliphatic carbocycles. The number of anilines is 1. The number of nitrogen functional groups attached to an aromatic ring is 1. The van der Waals surface area contributed by atoms with Gasteiger partial charge in [0.15, 0.2) is 0 Å². The van der Waals surface area contributed by atoms with Gasteiger partial charge in [0.05, 0.1) is 5.56 Å². The summed E-state index contributed by atoms with van der Waals surface area (Å²) in [6.07, 6.45) is 0. The lowest BCUT2D eigenvalue weighted by atomic mass is 10.2. The number of hydrogen-bond donors (Lipinski definition) is 1. The number of benzene rings is 1. The molecule has 0 saturated heterocycles. The van der Waals surface area contributed by atoms with Crippen molar-refractivity contribution in [3.8, 4) is 11.6 Å². The Kier molecular flexibility index (Phi) is 4.14. The molecule has 1 heterocycles. The molecule has 5 heteroatoms. The van der Waals surface area contributed by atoms with Crippen molar-refractivity contribution in [2.75, 3.05) is 5.73 Å². The quantitative estimate of drug-likeness (QED) is 0.918. The van der Waals surface area contributed by atoms with Crippen LogP contribution < -0.4 is 10.5 Å². The zero-order valence-electron chi connectivity index (χ0n) is 12.1. The fourth-order valence-electron chi connectivity index (χ4n) is 1.68. The summed E-state index contributed by atoms with van der Waals surface area (Å²) in [4.78, 5) is 8.71. The normalized spacial score (nSPS) is 10.9. The predicted molar refractivity (Wildman–Crippen MR) is 81.5 cm³/mol. The topological polar surface area (TPSA) is 61.0 Å². The van der Waals surface area contributed by atoms with E-state index in [1.165, 1.54) is 0 Å². The Morgan fingerprint density at radius 1 is 1.20 bits per heavy atom. The van der Waals surface area contributed by atoms with Crippen LogP contribution in [-0.2, 0) is 0 Å². The zero-order valence-corrected chi connectivity index (χ0v) is 12.8. The van der Waals surface area contributed by atoms with Crippen LogP contribution in [0, 0.1) is 13.8 Å². The first-order valence-electron chi connectivity index (χ1n) is 6.46. The predicted octanol–water partition coefficient (Wildman–Crippen LogP) is 4.24. The van der Waals surface area contributed by atoms with Gasteiger partial charge in [-0.3, -0.25) is 0 Å². The van der Waals surface area contributed by atoms with E-state index in [4.69, 9.17) is 22.1 Å². The third-order valence-corrected chi connectivity index (χ3v) is 3.44. The van der Waals surface area contributed by atoms with Gasteiger partial charge in [-0.1, -0.05) is 25.4 Å². The molecule has 2 N–H and O–H groups in total. The number of nitrogens with two attached hydrogens (primary N) is 1. The minimum Gasteiger partial charge on any atom is -0.439 e. The van der Waals surface area contributed by atoms with Gasteiger partial charge in [0, 0.05) is 10.9 Å². The largest absolute Gasteiger partial charge is 0.439 e. The van der Waals surface area contributed by atoms with Crippen molar-refractivity contribution < 1.29 is 4.74 Å². The van der Waals surface area contributed by atoms with E-state index in [-0.39, 0.29) is 5.92 Å². The Labute approximate surface area is 124 Å². The molecule has 0 aliphatic heterocycles. The van der Waals surface area contributed by atoms with Gasteiger partial charge in [-0.05, 0) is 37.6 Å². The summed E-state index contributed by atoms with van der Waals surface area (Å²) >= 11 is 6.01. The number of hydrogen-bond acceptors (Lipinski definition) is 4. The number of aryl methyl sites for hydroxylation is 1. The first-order valence-corrected chi connectivity index (χ1v) is 6.84. The molecule has 0 amide bonds. The van der Waals surface area contributed by atoms with Gasteiger partial charge in [-0.2, -0.15) is 4.98 Å². The molecule has 4 nitrogen and oxygen atoms in total. The summed E-state index contributed by atoms with van der Waals surface area (Å²) < 4.78 is 5.83. The lowest BCUT2D eigenvalue weighted by Gasteiger charge is -2.13. The summed E-state index contributed by atoms with van der Waals surface area (Å²) in [5.41, 5.74) is 7.60. The average Bonchev–Trinajstić information content (AvgIpc) is 2.38. The molecule has 1 aromatic heterocycles. The molecule has 20 heavy (non-hydrogen) atoms. The molecule has 0 bridgehead atoms. The van der Waals surface area contributed by atoms with Crippen LogP contribution >= 0.6 is 11.6 Å². The number of nitrogens with zero attached hydrogens (tertiary/aromatic N) is 2. The van der Waals surface area contributed by atoms with Crippen molar-refractivity contribution >= 4 is 17.4 Å². The summed E-state index contributed by atoms with van der Waals surface area (Å²) in [6.45, 7) is 7.80. The second-order valence-electron chi connectivity index (χ2n) is 5.06. The smallest absolute Gasteiger partial charge is 0.227 e. The molecule has 0 aliphatic rings. The van der Waals surface area contributed by atoms with E-state index in [0.29, 0.717) is 28.3 Å². The number of halogens is 1. The van der Waals surface area contributed by atoms with E-state index in [2.05, 4.69) is 9.97 Å². The minimum absolute atomic E-state index is 0.187. The van der Waals surface area contributed by atoms with E-state index < -0.39 is 0 Å². The van der Waals surface area contributed by atoms with Crippen LogP contribution in [0.4, 0.5) is 5.82 Å². The Balaban J connectivity index is 2.39. The zero-order chi connectivity index (χ0) is 14.9. The molecule has 0 saturated carbocycles. The van der Waals surface area contributed by atoms with Crippen molar-refractivity contribution in [3.05, 3.63) is 40.2 Å². The minimum atomic E-state index is 0.187. The highest BCUT2D eigenvalue weighted by Crippen LogP contribution is 2.29. The average molecular weight is 292 g/mol. The van der Waals surface area contributed by atoms with Gasteiger partial charge in [0.2, 0.25) is 5.88 Å². The standard InChI is InChI=1S/C15H18ClN3O/c1-8(2)14-18-13(17)10(4)15(19-14)20-11-5-6-12(16)9(3)7-11/h5-8H,1-4H3,(H2,17,18,19). The van der Waals surface area contributed by atoms with Gasteiger partial charge in [-0.25, -0.2) is 4.98 Å². The fraction of sp³-hybridized carbons (Fsp3) is 0.333. The SMILES string of the molecule is Cc1cc(Oc2nc(C(C)C)nc(N)c2C)ccc1Cl. The molecule has 2 aromatic rings. The van der Waals surface area contributed by atoms with Crippen LogP contribution in [-0.4, -0.2) is 9.97 Å². The maximum Gasteiger partial charge on any atom is 0.227 e. The number of aromatic nitrogens is 2. The first kappa shape index (κ1) is 14.6. The lowest BCUT2D eigenvalue weighted by Crippen LogP contribution is -2.06. The molecule has 0 spiro atoms. The maximum absolute atomic E-state index is 6.01. The summed E-state index contributed by atoms with van der Waals surface area (Å²) in [7, 11) is 0.